The molecule has 0 saturated heterocycles. The maximum Gasteiger partial charge on any atom is 0.0656 e. The molecule has 0 aromatic carbocycles. The van der Waals surface area contributed by atoms with E-state index in [-0.39, 0.29) is 0 Å². The van der Waals surface area contributed by atoms with E-state index in [1.165, 1.54) is 10.1 Å². The summed E-state index contributed by atoms with van der Waals surface area (Å²) in [6.45, 7) is 0. The zero-order valence-electron chi connectivity index (χ0n) is 4.00. The predicted octanol–water partition coefficient (Wildman–Crippen LogP) is 2.36. The summed E-state index contributed by atoms with van der Waals surface area (Å²) in [5.74, 6) is 0. The molecular formula is C5H3NS2. The lowest BCUT2D eigenvalue weighted by atomic mass is 10.5. The van der Waals surface area contributed by atoms with Crippen LogP contribution < -0.4 is 0 Å². The van der Waals surface area contributed by atoms with Crippen molar-refractivity contribution in [3.05, 3.63) is 17.0 Å². The first-order valence-corrected chi connectivity index (χ1v) is 3.95. The Hall–Kier alpha value is -0.410. The zero-order valence-corrected chi connectivity index (χ0v) is 5.63. The van der Waals surface area contributed by atoms with Gasteiger partial charge in [-0.05, 0) is 11.5 Å². The third-order valence-electron chi connectivity index (χ3n) is 0.997. The Morgan fingerprint density at radius 1 is 1.38 bits per heavy atom. The summed E-state index contributed by atoms with van der Waals surface area (Å²) in [5.41, 5.74) is 0. The smallest absolute Gasteiger partial charge is 0.0656 e. The first-order chi connectivity index (χ1) is 3.97. The van der Waals surface area contributed by atoms with Crippen molar-refractivity contribution >= 4 is 33.0 Å². The van der Waals surface area contributed by atoms with Gasteiger partial charge in [-0.2, -0.15) is 15.7 Å². The van der Waals surface area contributed by atoms with Gasteiger partial charge in [0.1, 0.15) is 0 Å². The molecule has 8 heavy (non-hydrogen) atoms. The molecule has 2 aromatic heterocycles. The molecule has 1 nitrogen and oxygen atoms in total. The van der Waals surface area contributed by atoms with Gasteiger partial charge in [0, 0.05) is 22.3 Å². The largest absolute Gasteiger partial charge is 0.200 e. The number of hydrogen-bond acceptors (Lipinski definition) is 3. The van der Waals surface area contributed by atoms with Gasteiger partial charge in [-0.25, -0.2) is 0 Å². The number of thiophene rings is 1. The fourth-order valence-electron chi connectivity index (χ4n) is 0.603. The monoisotopic (exact) mass is 141 g/mol. The van der Waals surface area contributed by atoms with Crippen molar-refractivity contribution in [2.24, 2.45) is 0 Å². The molecule has 0 spiro atoms. The van der Waals surface area contributed by atoms with Gasteiger partial charge in [-0.3, -0.25) is 0 Å². The number of hydrogen-bond donors (Lipinski definition) is 0. The summed E-state index contributed by atoms with van der Waals surface area (Å²) >= 11 is 3.28. The van der Waals surface area contributed by atoms with E-state index in [1.54, 1.807) is 22.9 Å². The minimum absolute atomic E-state index is 1.28. The normalized spacial score (nSPS) is 10.5. The summed E-state index contributed by atoms with van der Waals surface area (Å²) in [4.78, 5) is 0. The van der Waals surface area contributed by atoms with Crippen LogP contribution in [0.15, 0.2) is 17.0 Å². The second-order valence-corrected chi connectivity index (χ2v) is 3.09. The van der Waals surface area contributed by atoms with Crippen LogP contribution in [-0.4, -0.2) is 4.37 Å². The lowest BCUT2D eigenvalue weighted by Gasteiger charge is -1.60. The maximum absolute atomic E-state index is 4.01. The van der Waals surface area contributed by atoms with Crippen molar-refractivity contribution in [1.82, 2.24) is 4.37 Å². The first kappa shape index (κ1) is 4.47. The Kier molecular flexibility index (Phi) is 0.856. The van der Waals surface area contributed by atoms with Crippen LogP contribution >= 0.6 is 22.9 Å². The van der Waals surface area contributed by atoms with E-state index in [4.69, 9.17) is 0 Å². The molecule has 0 bridgehead atoms. The Morgan fingerprint density at radius 3 is 3.25 bits per heavy atom. The van der Waals surface area contributed by atoms with Crippen molar-refractivity contribution in [2.45, 2.75) is 0 Å². The van der Waals surface area contributed by atoms with Crippen molar-refractivity contribution in [2.75, 3.05) is 0 Å². The van der Waals surface area contributed by atoms with Gasteiger partial charge < -0.3 is 0 Å². The molecule has 0 amide bonds. The van der Waals surface area contributed by atoms with Crippen LogP contribution in [0.3, 0.4) is 0 Å². The lowest BCUT2D eigenvalue weighted by molar-refractivity contribution is 1.61. The van der Waals surface area contributed by atoms with Crippen LogP contribution in [0.4, 0.5) is 0 Å². The van der Waals surface area contributed by atoms with E-state index in [0.717, 1.165) is 0 Å². The van der Waals surface area contributed by atoms with Gasteiger partial charge in [0.2, 0.25) is 0 Å². The second-order valence-electron chi connectivity index (χ2n) is 1.52. The SMILES string of the molecule is c1nsc2cscc12. The molecule has 0 N–H and O–H groups in total. The molecule has 0 radical (unpaired) electrons. The standard InChI is InChI=1S/C5H3NS2/c1-4-2-7-3-5(4)8-6-1/h1-3H. The highest BCUT2D eigenvalue weighted by Gasteiger charge is 1.92. The summed E-state index contributed by atoms with van der Waals surface area (Å²) < 4.78 is 5.31. The molecule has 2 heterocycles. The Bertz CT molecular complexity index is 232. The third-order valence-corrected chi connectivity index (χ3v) is 2.67. The van der Waals surface area contributed by atoms with Crippen molar-refractivity contribution < 1.29 is 0 Å². The molecule has 0 aliphatic heterocycles. The van der Waals surface area contributed by atoms with Crippen LogP contribution in [0.2, 0.25) is 0 Å². The van der Waals surface area contributed by atoms with E-state index in [1.807, 2.05) is 6.20 Å². The van der Waals surface area contributed by atoms with Crippen LogP contribution in [-0.2, 0) is 0 Å². The minimum Gasteiger partial charge on any atom is -0.200 e. The summed E-state index contributed by atoms with van der Waals surface area (Å²) in [6.07, 6.45) is 1.90. The quantitative estimate of drug-likeness (QED) is 0.549. The highest BCUT2D eigenvalue weighted by molar-refractivity contribution is 7.18. The molecule has 2 rings (SSSR count). The van der Waals surface area contributed by atoms with E-state index in [9.17, 15) is 0 Å². The van der Waals surface area contributed by atoms with Gasteiger partial charge >= 0.3 is 0 Å². The molecule has 40 valence electrons. The van der Waals surface area contributed by atoms with E-state index >= 15 is 0 Å². The first-order valence-electron chi connectivity index (χ1n) is 2.23. The zero-order chi connectivity index (χ0) is 5.40. The third kappa shape index (κ3) is 0.485. The van der Waals surface area contributed by atoms with E-state index in [2.05, 4.69) is 15.1 Å². The molecule has 0 fully saturated rings. The van der Waals surface area contributed by atoms with Crippen LogP contribution in [0, 0.1) is 0 Å². The number of aromatic nitrogens is 1. The Morgan fingerprint density at radius 2 is 2.38 bits per heavy atom. The average molecular weight is 141 g/mol. The van der Waals surface area contributed by atoms with Crippen LogP contribution in [0.25, 0.3) is 10.1 Å². The van der Waals surface area contributed by atoms with E-state index in [0.29, 0.717) is 0 Å². The molecule has 0 aliphatic rings. The topological polar surface area (TPSA) is 12.9 Å². The Labute approximate surface area is 54.8 Å². The van der Waals surface area contributed by atoms with Gasteiger partial charge in [0.25, 0.3) is 0 Å². The molecule has 0 saturated carbocycles. The maximum atomic E-state index is 4.01. The summed E-state index contributed by atoms with van der Waals surface area (Å²) in [7, 11) is 0. The van der Waals surface area contributed by atoms with Gasteiger partial charge in [0.05, 0.1) is 4.70 Å². The van der Waals surface area contributed by atoms with E-state index < -0.39 is 0 Å². The van der Waals surface area contributed by atoms with Gasteiger partial charge in [0.15, 0.2) is 0 Å². The molecule has 0 atom stereocenters. The molecule has 0 unspecified atom stereocenters. The Balaban J connectivity index is 3.06. The molecule has 3 heteroatoms. The number of fused-ring (bicyclic) bond motifs is 1. The van der Waals surface area contributed by atoms with Crippen molar-refractivity contribution in [3.63, 3.8) is 0 Å². The number of nitrogens with zero attached hydrogens (tertiary/aromatic N) is 1. The fraction of sp³-hybridized carbons (Fsp3) is 0. The summed E-state index contributed by atoms with van der Waals surface area (Å²) in [6, 6.07) is 0. The van der Waals surface area contributed by atoms with Crippen molar-refractivity contribution in [1.29, 1.82) is 0 Å². The highest BCUT2D eigenvalue weighted by atomic mass is 32.1. The molecular weight excluding hydrogens is 138 g/mol. The summed E-state index contributed by atoms with van der Waals surface area (Å²) in [5, 5.41) is 5.51. The minimum atomic E-state index is 1.28. The van der Waals surface area contributed by atoms with Gasteiger partial charge in [-0.1, -0.05) is 0 Å². The average Bonchev–Trinajstić information content (AvgIpc) is 2.15. The van der Waals surface area contributed by atoms with Crippen molar-refractivity contribution in [3.8, 4) is 0 Å². The predicted molar refractivity (Wildman–Crippen MR) is 37.5 cm³/mol. The number of rotatable bonds is 0. The highest BCUT2D eigenvalue weighted by Crippen LogP contribution is 2.21. The second kappa shape index (κ2) is 1.53. The van der Waals surface area contributed by atoms with Crippen LogP contribution in [0.5, 0.6) is 0 Å². The molecule has 2 aromatic rings. The lowest BCUT2D eigenvalue weighted by Crippen LogP contribution is -1.40. The fourth-order valence-corrected chi connectivity index (χ4v) is 2.18. The van der Waals surface area contributed by atoms with Gasteiger partial charge in [-0.15, -0.1) is 0 Å². The molecule has 0 aliphatic carbocycles. The van der Waals surface area contributed by atoms with Crippen LogP contribution in [0.1, 0.15) is 0 Å².